The van der Waals surface area contributed by atoms with E-state index >= 15 is 0 Å². The summed E-state index contributed by atoms with van der Waals surface area (Å²) in [7, 11) is -5.82. The highest BCUT2D eigenvalue weighted by atomic mass is 32.2. The van der Waals surface area contributed by atoms with Gasteiger partial charge in [0.25, 0.3) is 0 Å². The van der Waals surface area contributed by atoms with Crippen LogP contribution < -0.4 is 9.08 Å². The van der Waals surface area contributed by atoms with Gasteiger partial charge >= 0.3 is 27.6 Å². The maximum Gasteiger partial charge on any atom is 0.534 e. The molecule has 3 aromatic carbocycles. The average Bonchev–Trinajstić information content (AvgIpc) is 3.05. The van der Waals surface area contributed by atoms with E-state index in [9.17, 15) is 50.3 Å². The van der Waals surface area contributed by atoms with Gasteiger partial charge in [-0.15, -0.1) is 0 Å². The normalized spacial score (nSPS) is 14.2. The summed E-state index contributed by atoms with van der Waals surface area (Å²) in [6.45, 7) is 3.03. The minimum Gasteiger partial charge on any atom is -0.462 e. The van der Waals surface area contributed by atoms with Crippen molar-refractivity contribution >= 4 is 39.4 Å². The standard InChI is InChI=1S/C25H22F3NO9S.C9H9FO/c1-16(30)36-14-24(33,15-37-17(2)31)12-11-18-3-5-19(6-4-18)22-13-23(32)29(22)20-7-9-21(10-8-20)38-39(34,35)25(26,27)28;1-2-9(11)7-3-5-8(10)6-4-7/h3-10,22,33H,13-15H2,1-2H3;3-6H,2H2,1H3. The van der Waals surface area contributed by atoms with E-state index in [1.165, 1.54) is 41.3 Å². The molecule has 1 atom stereocenters. The summed E-state index contributed by atoms with van der Waals surface area (Å²) >= 11 is 0. The van der Waals surface area contributed by atoms with Crippen LogP contribution in [-0.2, 0) is 34.0 Å². The van der Waals surface area contributed by atoms with Crippen molar-refractivity contribution in [2.75, 3.05) is 18.1 Å². The molecule has 4 rings (SSSR count). The van der Waals surface area contributed by atoms with E-state index in [4.69, 9.17) is 9.47 Å². The molecule has 0 bridgehead atoms. The molecule has 1 N–H and O–H groups in total. The number of β-lactam (4-membered cyclic amide) rings is 1. The van der Waals surface area contributed by atoms with E-state index < -0.39 is 58.2 Å². The van der Waals surface area contributed by atoms with E-state index in [1.54, 1.807) is 31.2 Å². The zero-order chi connectivity index (χ0) is 37.3. The molecule has 1 saturated heterocycles. The molecule has 0 saturated carbocycles. The lowest BCUT2D eigenvalue weighted by molar-refractivity contribution is -0.154. The molecule has 1 fully saturated rings. The molecule has 1 heterocycles. The van der Waals surface area contributed by atoms with Gasteiger partial charge < -0.3 is 23.7 Å². The molecule has 1 aliphatic heterocycles. The maximum absolute atomic E-state index is 12.5. The SMILES string of the molecule is CC(=O)OCC(O)(C#Cc1ccc(C2CC(=O)N2c2ccc(OS(=O)(=O)C(F)(F)F)cc2)cc1)COC(C)=O.CCC(=O)c1ccc(F)cc1. The number of alkyl halides is 3. The van der Waals surface area contributed by atoms with Gasteiger partial charge in [0.1, 0.15) is 24.8 Å². The molecule has 0 aromatic heterocycles. The molecule has 266 valence electrons. The second-order valence-corrected chi connectivity index (χ2v) is 12.2. The van der Waals surface area contributed by atoms with Crippen LogP contribution in [0.15, 0.2) is 72.8 Å². The third kappa shape index (κ3) is 10.9. The van der Waals surface area contributed by atoms with Gasteiger partial charge in [-0.2, -0.15) is 21.6 Å². The first-order chi connectivity index (χ1) is 23.3. The van der Waals surface area contributed by atoms with Crippen molar-refractivity contribution in [1.82, 2.24) is 0 Å². The first-order valence-electron chi connectivity index (χ1n) is 14.7. The zero-order valence-corrected chi connectivity index (χ0v) is 27.6. The van der Waals surface area contributed by atoms with Gasteiger partial charge in [0.15, 0.2) is 11.4 Å². The van der Waals surface area contributed by atoms with Gasteiger partial charge in [-0.25, -0.2) is 4.39 Å². The molecular weight excluding hydrogens is 690 g/mol. The number of aliphatic hydroxyl groups is 1. The number of nitrogens with zero attached hydrogens (tertiary/aromatic N) is 1. The van der Waals surface area contributed by atoms with Gasteiger partial charge in [0, 0.05) is 37.1 Å². The third-order valence-corrected chi connectivity index (χ3v) is 7.78. The second kappa shape index (κ2) is 16.4. The second-order valence-electron chi connectivity index (χ2n) is 10.7. The summed E-state index contributed by atoms with van der Waals surface area (Å²) in [6, 6.07) is 16.3. The number of hydrogen-bond donors (Lipinski definition) is 1. The Bertz CT molecular complexity index is 1850. The highest BCUT2D eigenvalue weighted by Gasteiger charge is 2.48. The number of anilines is 1. The van der Waals surface area contributed by atoms with Crippen molar-refractivity contribution in [3.8, 4) is 17.6 Å². The van der Waals surface area contributed by atoms with Gasteiger partial charge in [0.2, 0.25) is 5.91 Å². The van der Waals surface area contributed by atoms with Crippen LogP contribution in [-0.4, -0.2) is 61.5 Å². The molecule has 16 heteroatoms. The fraction of sp³-hybridized carbons (Fsp3) is 0.294. The van der Waals surface area contributed by atoms with E-state index in [1.807, 2.05) is 0 Å². The molecule has 0 spiro atoms. The van der Waals surface area contributed by atoms with Crippen molar-refractivity contribution in [3.63, 3.8) is 0 Å². The Morgan fingerprint density at radius 2 is 1.44 bits per heavy atom. The minimum atomic E-state index is -5.82. The van der Waals surface area contributed by atoms with E-state index in [2.05, 4.69) is 16.0 Å². The number of halogens is 4. The Hall–Kier alpha value is -5.27. The number of benzene rings is 3. The van der Waals surface area contributed by atoms with Crippen molar-refractivity contribution in [2.45, 2.75) is 50.8 Å². The smallest absolute Gasteiger partial charge is 0.462 e. The lowest BCUT2D eigenvalue weighted by Gasteiger charge is -2.40. The van der Waals surface area contributed by atoms with Crippen molar-refractivity contribution in [2.24, 2.45) is 0 Å². The highest BCUT2D eigenvalue weighted by Crippen LogP contribution is 2.39. The Morgan fingerprint density at radius 3 is 1.90 bits per heavy atom. The number of Topliss-reactive ketones (excluding diaryl/α,β-unsaturated/α-hetero) is 1. The van der Waals surface area contributed by atoms with Crippen molar-refractivity contribution < 1.29 is 63.9 Å². The Labute approximate surface area is 284 Å². The fourth-order valence-electron chi connectivity index (χ4n) is 4.22. The molecular formula is C34H31F4NO10S. The lowest BCUT2D eigenvalue weighted by Crippen LogP contribution is -2.46. The predicted molar refractivity (Wildman–Crippen MR) is 169 cm³/mol. The number of carbonyl (C=O) groups is 4. The van der Waals surface area contributed by atoms with Crippen molar-refractivity contribution in [1.29, 1.82) is 0 Å². The first-order valence-corrected chi connectivity index (χ1v) is 16.1. The fourth-order valence-corrected chi connectivity index (χ4v) is 4.68. The first kappa shape index (κ1) is 39.2. The number of esters is 2. The monoisotopic (exact) mass is 721 g/mol. The Kier molecular flexibility index (Phi) is 12.9. The minimum absolute atomic E-state index is 0.0463. The van der Waals surface area contributed by atoms with E-state index in [-0.39, 0.29) is 23.9 Å². The number of rotatable bonds is 10. The topological polar surface area (TPSA) is 154 Å². The quantitative estimate of drug-likeness (QED) is 0.0575. The highest BCUT2D eigenvalue weighted by molar-refractivity contribution is 7.88. The molecule has 0 radical (unpaired) electrons. The van der Waals surface area contributed by atoms with Crippen LogP contribution in [0.1, 0.15) is 61.1 Å². The van der Waals surface area contributed by atoms with Crippen LogP contribution in [0.25, 0.3) is 0 Å². The molecule has 1 unspecified atom stereocenters. The van der Waals surface area contributed by atoms with Gasteiger partial charge in [-0.05, 0) is 66.2 Å². The molecule has 1 aliphatic rings. The summed E-state index contributed by atoms with van der Waals surface area (Å²) in [4.78, 5) is 46.9. The number of ether oxygens (including phenoxy) is 2. The van der Waals surface area contributed by atoms with Crippen LogP contribution in [0.3, 0.4) is 0 Å². The number of amides is 1. The van der Waals surface area contributed by atoms with Gasteiger partial charge in [-0.3, -0.25) is 19.2 Å². The van der Waals surface area contributed by atoms with Crippen LogP contribution in [0.2, 0.25) is 0 Å². The summed E-state index contributed by atoms with van der Waals surface area (Å²) in [5, 5.41) is 10.6. The van der Waals surface area contributed by atoms with E-state index in [0.29, 0.717) is 28.8 Å². The number of carbonyl (C=O) groups excluding carboxylic acids is 4. The lowest BCUT2D eigenvalue weighted by atomic mass is 9.92. The molecule has 0 aliphatic carbocycles. The maximum atomic E-state index is 12.5. The van der Waals surface area contributed by atoms with E-state index in [0.717, 1.165) is 26.0 Å². The summed E-state index contributed by atoms with van der Waals surface area (Å²) in [5.74, 6) is 2.85. The van der Waals surface area contributed by atoms with Crippen LogP contribution in [0.5, 0.6) is 5.75 Å². The third-order valence-electron chi connectivity index (χ3n) is 6.80. The Balaban J connectivity index is 0.000000521. The summed E-state index contributed by atoms with van der Waals surface area (Å²) in [5.41, 5.74) is -5.47. The van der Waals surface area contributed by atoms with Crippen LogP contribution in [0, 0.1) is 17.7 Å². The number of hydrogen-bond acceptors (Lipinski definition) is 10. The molecule has 1 amide bonds. The summed E-state index contributed by atoms with van der Waals surface area (Å²) < 4.78 is 85.9. The number of ketones is 1. The molecule has 50 heavy (non-hydrogen) atoms. The van der Waals surface area contributed by atoms with Crippen LogP contribution in [0.4, 0.5) is 23.2 Å². The van der Waals surface area contributed by atoms with Crippen molar-refractivity contribution in [3.05, 3.63) is 95.3 Å². The molecule has 11 nitrogen and oxygen atoms in total. The molecule has 3 aromatic rings. The van der Waals surface area contributed by atoms with Gasteiger partial charge in [-0.1, -0.05) is 30.9 Å². The largest absolute Gasteiger partial charge is 0.534 e. The van der Waals surface area contributed by atoms with Gasteiger partial charge in [0.05, 0.1) is 12.5 Å². The Morgan fingerprint density at radius 1 is 0.900 bits per heavy atom. The zero-order valence-electron chi connectivity index (χ0n) is 26.8. The van der Waals surface area contributed by atoms with Crippen LogP contribution >= 0.6 is 0 Å². The average molecular weight is 722 g/mol. The summed E-state index contributed by atoms with van der Waals surface area (Å²) in [6.07, 6.45) is 0.613. The predicted octanol–water partition coefficient (Wildman–Crippen LogP) is 5.02.